The number of morpholine rings is 1. The minimum Gasteiger partial charge on any atom is -0.488 e. The van der Waals surface area contributed by atoms with Crippen molar-refractivity contribution in [2.75, 3.05) is 13.2 Å². The molecule has 0 spiro atoms. The fraction of sp³-hybridized carbons (Fsp3) is 0.591. The predicted molar refractivity (Wildman–Crippen MR) is 106 cm³/mol. The highest BCUT2D eigenvalue weighted by Gasteiger charge is 2.40. The van der Waals surface area contributed by atoms with Gasteiger partial charge in [-0.3, -0.25) is 4.90 Å². The Labute approximate surface area is 162 Å². The van der Waals surface area contributed by atoms with Gasteiger partial charge in [0.05, 0.1) is 25.3 Å². The highest BCUT2D eigenvalue weighted by molar-refractivity contribution is 5.75. The van der Waals surface area contributed by atoms with Gasteiger partial charge in [0.25, 0.3) is 0 Å². The predicted octanol–water partition coefficient (Wildman–Crippen LogP) is 4.66. The zero-order chi connectivity index (χ0) is 19.8. The standard InChI is InChI=1S/C22H31NO4/c1-21(2,3)26-19-9-7-15(8-10-19)16-11-17-13-25-14-18(12-16)23(17)20(24)27-22(4,5)6/h7-11,17-18H,12-14H2,1-6H3. The summed E-state index contributed by atoms with van der Waals surface area (Å²) in [4.78, 5) is 14.5. The highest BCUT2D eigenvalue weighted by Crippen LogP contribution is 2.34. The number of benzene rings is 1. The molecule has 2 heterocycles. The van der Waals surface area contributed by atoms with Crippen LogP contribution < -0.4 is 4.74 Å². The third kappa shape index (κ3) is 5.04. The maximum absolute atomic E-state index is 12.7. The zero-order valence-corrected chi connectivity index (χ0v) is 17.2. The summed E-state index contributed by atoms with van der Waals surface area (Å²) in [7, 11) is 0. The van der Waals surface area contributed by atoms with Gasteiger partial charge in [-0.15, -0.1) is 0 Å². The molecule has 3 rings (SSSR count). The summed E-state index contributed by atoms with van der Waals surface area (Å²) in [5, 5.41) is 0. The fourth-order valence-corrected chi connectivity index (χ4v) is 3.50. The maximum atomic E-state index is 12.7. The zero-order valence-electron chi connectivity index (χ0n) is 17.2. The Morgan fingerprint density at radius 2 is 1.70 bits per heavy atom. The lowest BCUT2D eigenvalue weighted by molar-refractivity contribution is -0.0510. The molecule has 1 aromatic carbocycles. The molecule has 0 saturated carbocycles. The van der Waals surface area contributed by atoms with E-state index in [1.807, 2.05) is 58.6 Å². The molecule has 0 radical (unpaired) electrons. The van der Waals surface area contributed by atoms with E-state index in [-0.39, 0.29) is 23.8 Å². The van der Waals surface area contributed by atoms with Crippen LogP contribution in [-0.2, 0) is 9.47 Å². The van der Waals surface area contributed by atoms with E-state index in [1.54, 1.807) is 0 Å². The minimum atomic E-state index is -0.501. The largest absolute Gasteiger partial charge is 0.488 e. The summed E-state index contributed by atoms with van der Waals surface area (Å²) in [6, 6.07) is 8.11. The van der Waals surface area contributed by atoms with Gasteiger partial charge in [-0.25, -0.2) is 4.79 Å². The van der Waals surface area contributed by atoms with E-state index >= 15 is 0 Å². The molecule has 148 valence electrons. The summed E-state index contributed by atoms with van der Waals surface area (Å²) in [6.07, 6.45) is 2.64. The van der Waals surface area contributed by atoms with Gasteiger partial charge in [0.1, 0.15) is 17.0 Å². The molecule has 0 aromatic heterocycles. The van der Waals surface area contributed by atoms with E-state index in [2.05, 4.69) is 18.2 Å². The molecule has 1 aromatic rings. The molecule has 1 saturated heterocycles. The number of rotatable bonds is 2. The van der Waals surface area contributed by atoms with E-state index in [0.29, 0.717) is 13.2 Å². The van der Waals surface area contributed by atoms with E-state index < -0.39 is 5.60 Å². The van der Waals surface area contributed by atoms with Gasteiger partial charge in [-0.1, -0.05) is 18.2 Å². The van der Waals surface area contributed by atoms with Crippen molar-refractivity contribution in [3.8, 4) is 5.75 Å². The number of nitrogens with zero attached hydrogens (tertiary/aromatic N) is 1. The van der Waals surface area contributed by atoms with Crippen molar-refractivity contribution in [1.29, 1.82) is 0 Å². The monoisotopic (exact) mass is 373 g/mol. The average molecular weight is 373 g/mol. The smallest absolute Gasteiger partial charge is 0.411 e. The fourth-order valence-electron chi connectivity index (χ4n) is 3.50. The van der Waals surface area contributed by atoms with Crippen molar-refractivity contribution in [1.82, 2.24) is 4.90 Å². The van der Waals surface area contributed by atoms with Crippen LogP contribution in [0, 0.1) is 0 Å². The summed E-state index contributed by atoms with van der Waals surface area (Å²) < 4.78 is 17.2. The molecular weight excluding hydrogens is 342 g/mol. The first-order valence-corrected chi connectivity index (χ1v) is 9.61. The number of carbonyl (C=O) groups excluding carboxylic acids is 1. The van der Waals surface area contributed by atoms with Crippen LogP contribution in [0.15, 0.2) is 30.3 Å². The lowest BCUT2D eigenvalue weighted by Gasteiger charge is -2.44. The van der Waals surface area contributed by atoms with Crippen molar-refractivity contribution >= 4 is 11.7 Å². The SMILES string of the molecule is CC(C)(C)OC(=O)N1C2C=C(c3ccc(OC(C)(C)C)cc3)CC1COC2. The molecule has 2 aliphatic heterocycles. The Kier molecular flexibility index (Phi) is 5.26. The molecule has 5 heteroatoms. The van der Waals surface area contributed by atoms with Crippen molar-refractivity contribution < 1.29 is 19.0 Å². The van der Waals surface area contributed by atoms with Crippen molar-refractivity contribution in [2.24, 2.45) is 0 Å². The van der Waals surface area contributed by atoms with E-state index in [4.69, 9.17) is 14.2 Å². The number of hydrogen-bond donors (Lipinski definition) is 0. The Morgan fingerprint density at radius 3 is 2.26 bits per heavy atom. The quantitative estimate of drug-likeness (QED) is 0.757. The first kappa shape index (κ1) is 19.7. The number of carbonyl (C=O) groups is 1. The summed E-state index contributed by atoms with van der Waals surface area (Å²) in [5.74, 6) is 0.863. The third-order valence-corrected chi connectivity index (χ3v) is 4.45. The Hall–Kier alpha value is -2.01. The second kappa shape index (κ2) is 7.19. The van der Waals surface area contributed by atoms with Gasteiger partial charge >= 0.3 is 6.09 Å². The van der Waals surface area contributed by atoms with Gasteiger partial charge in [-0.05, 0) is 71.2 Å². The average Bonchev–Trinajstić information content (AvgIpc) is 2.51. The molecule has 2 unspecified atom stereocenters. The molecule has 27 heavy (non-hydrogen) atoms. The highest BCUT2D eigenvalue weighted by atomic mass is 16.6. The van der Waals surface area contributed by atoms with Crippen LogP contribution in [-0.4, -0.2) is 47.5 Å². The number of amides is 1. The molecular formula is C22H31NO4. The van der Waals surface area contributed by atoms with Gasteiger partial charge in [-0.2, -0.15) is 0 Å². The van der Waals surface area contributed by atoms with E-state index in [9.17, 15) is 4.79 Å². The van der Waals surface area contributed by atoms with Gasteiger partial charge in [0, 0.05) is 0 Å². The summed E-state index contributed by atoms with van der Waals surface area (Å²) in [5.41, 5.74) is 1.69. The molecule has 2 atom stereocenters. The Bertz CT molecular complexity index is 709. The van der Waals surface area contributed by atoms with Crippen LogP contribution in [0.3, 0.4) is 0 Å². The number of hydrogen-bond acceptors (Lipinski definition) is 4. The Balaban J connectivity index is 1.78. The second-order valence-corrected chi connectivity index (χ2v) is 9.28. The van der Waals surface area contributed by atoms with Crippen molar-refractivity contribution in [3.63, 3.8) is 0 Å². The summed E-state index contributed by atoms with van der Waals surface area (Å²) in [6.45, 7) is 12.8. The topological polar surface area (TPSA) is 48.0 Å². The lowest BCUT2D eigenvalue weighted by Crippen LogP contribution is -2.57. The first-order valence-electron chi connectivity index (χ1n) is 9.61. The minimum absolute atomic E-state index is 0.00380. The van der Waals surface area contributed by atoms with Crippen LogP contribution in [0.5, 0.6) is 5.75 Å². The van der Waals surface area contributed by atoms with E-state index in [0.717, 1.165) is 17.7 Å². The Morgan fingerprint density at radius 1 is 1.04 bits per heavy atom. The van der Waals surface area contributed by atoms with Crippen LogP contribution in [0.25, 0.3) is 5.57 Å². The van der Waals surface area contributed by atoms with Crippen LogP contribution >= 0.6 is 0 Å². The second-order valence-electron chi connectivity index (χ2n) is 9.28. The normalized spacial score (nSPS) is 22.9. The maximum Gasteiger partial charge on any atom is 0.411 e. The van der Waals surface area contributed by atoms with Gasteiger partial charge < -0.3 is 14.2 Å². The lowest BCUT2D eigenvalue weighted by atomic mass is 9.90. The first-order chi connectivity index (χ1) is 12.5. The van der Waals surface area contributed by atoms with Gasteiger partial charge in [0.2, 0.25) is 0 Å². The molecule has 5 nitrogen and oxygen atoms in total. The van der Waals surface area contributed by atoms with Crippen LogP contribution in [0.4, 0.5) is 4.79 Å². The molecule has 2 aliphatic rings. The van der Waals surface area contributed by atoms with Crippen LogP contribution in [0.1, 0.15) is 53.5 Å². The number of ether oxygens (including phenoxy) is 3. The van der Waals surface area contributed by atoms with Crippen LogP contribution in [0.2, 0.25) is 0 Å². The molecule has 0 N–H and O–H groups in total. The van der Waals surface area contributed by atoms with Gasteiger partial charge in [0.15, 0.2) is 0 Å². The summed E-state index contributed by atoms with van der Waals surface area (Å²) >= 11 is 0. The third-order valence-electron chi connectivity index (χ3n) is 4.45. The molecule has 2 bridgehead atoms. The van der Waals surface area contributed by atoms with Crippen molar-refractivity contribution in [2.45, 2.75) is 71.2 Å². The van der Waals surface area contributed by atoms with E-state index in [1.165, 1.54) is 5.57 Å². The number of fused-ring (bicyclic) bond motifs is 2. The molecule has 0 aliphatic carbocycles. The van der Waals surface area contributed by atoms with Crippen molar-refractivity contribution in [3.05, 3.63) is 35.9 Å². The molecule has 1 fully saturated rings. The molecule has 1 amide bonds.